The van der Waals surface area contributed by atoms with Gasteiger partial charge in [-0.3, -0.25) is 4.79 Å². The third-order valence-corrected chi connectivity index (χ3v) is 3.33. The summed E-state index contributed by atoms with van der Waals surface area (Å²) in [5, 5.41) is 6.45. The molecule has 0 bridgehead atoms. The number of carbonyl (C=O) groups excluding carboxylic acids is 1. The smallest absolute Gasteiger partial charge is 0.251 e. The van der Waals surface area contributed by atoms with E-state index in [0.29, 0.717) is 23.1 Å². The van der Waals surface area contributed by atoms with Crippen molar-refractivity contribution in [2.45, 2.75) is 13.8 Å². The molecule has 4 nitrogen and oxygen atoms in total. The van der Waals surface area contributed by atoms with E-state index in [9.17, 15) is 4.79 Å². The zero-order valence-electron chi connectivity index (χ0n) is 11.0. The summed E-state index contributed by atoms with van der Waals surface area (Å²) < 4.78 is 5.35. The lowest BCUT2D eigenvalue weighted by Crippen LogP contribution is -2.36. The predicted octanol–water partition coefficient (Wildman–Crippen LogP) is 2.60. The van der Waals surface area contributed by atoms with Crippen LogP contribution in [0.25, 0.3) is 0 Å². The number of rotatable bonds is 4. The Morgan fingerprint density at radius 3 is 2.74 bits per heavy atom. The molecule has 5 heteroatoms. The number of carbonyl (C=O) groups is 1. The quantitative estimate of drug-likeness (QED) is 0.834. The summed E-state index contributed by atoms with van der Waals surface area (Å²) in [4.78, 5) is 12.0. The van der Waals surface area contributed by atoms with Crippen molar-refractivity contribution in [1.29, 1.82) is 0 Å². The van der Waals surface area contributed by atoms with Crippen LogP contribution in [0.3, 0.4) is 0 Å². The van der Waals surface area contributed by atoms with Crippen LogP contribution in [0.2, 0.25) is 5.02 Å². The van der Waals surface area contributed by atoms with Crippen LogP contribution in [-0.2, 0) is 4.79 Å². The molecular weight excluding hydrogens is 264 g/mol. The standard InChI is InChI=1S/C14H17ClN2O2/c1-3-19-13-5-4-11(6-12(13)15)17-14(18)9(2)10-7-16-8-10/h4-6,16H,3,7-8H2,1-2H3,(H,17,18). The highest BCUT2D eigenvalue weighted by molar-refractivity contribution is 6.32. The summed E-state index contributed by atoms with van der Waals surface area (Å²) in [6.07, 6.45) is 0. The maximum absolute atomic E-state index is 12.0. The summed E-state index contributed by atoms with van der Waals surface area (Å²) in [5.74, 6) is 0.539. The fourth-order valence-electron chi connectivity index (χ4n) is 1.75. The fraction of sp³-hybridized carbons (Fsp3) is 0.357. The average molecular weight is 281 g/mol. The molecule has 0 unspecified atom stereocenters. The number of halogens is 1. The summed E-state index contributed by atoms with van der Waals surface area (Å²) in [7, 11) is 0. The van der Waals surface area contributed by atoms with Crippen LogP contribution in [0.1, 0.15) is 13.8 Å². The Morgan fingerprint density at radius 2 is 2.21 bits per heavy atom. The van der Waals surface area contributed by atoms with Gasteiger partial charge >= 0.3 is 0 Å². The van der Waals surface area contributed by atoms with Crippen molar-refractivity contribution in [3.05, 3.63) is 34.4 Å². The van der Waals surface area contributed by atoms with Gasteiger partial charge in [0.2, 0.25) is 0 Å². The molecule has 0 spiro atoms. The summed E-state index contributed by atoms with van der Waals surface area (Å²) in [6.45, 7) is 5.88. The lowest BCUT2D eigenvalue weighted by Gasteiger charge is -2.21. The Balaban J connectivity index is 2.07. The van der Waals surface area contributed by atoms with E-state index in [4.69, 9.17) is 16.3 Å². The second kappa shape index (κ2) is 6.08. The van der Waals surface area contributed by atoms with Crippen molar-refractivity contribution >= 4 is 23.2 Å². The van der Waals surface area contributed by atoms with Crippen LogP contribution in [-0.4, -0.2) is 25.6 Å². The van der Waals surface area contributed by atoms with Crippen molar-refractivity contribution < 1.29 is 9.53 Å². The minimum atomic E-state index is -0.0864. The van der Waals surface area contributed by atoms with Crippen molar-refractivity contribution in [2.24, 2.45) is 0 Å². The molecule has 2 N–H and O–H groups in total. The number of benzene rings is 1. The van der Waals surface area contributed by atoms with Crippen molar-refractivity contribution in [3.63, 3.8) is 0 Å². The summed E-state index contributed by atoms with van der Waals surface area (Å²) >= 11 is 6.07. The van der Waals surface area contributed by atoms with Gasteiger partial charge in [-0.2, -0.15) is 0 Å². The highest BCUT2D eigenvalue weighted by atomic mass is 35.5. The van der Waals surface area contributed by atoms with Crippen LogP contribution >= 0.6 is 11.6 Å². The molecule has 1 fully saturated rings. The highest BCUT2D eigenvalue weighted by Crippen LogP contribution is 2.28. The Hall–Kier alpha value is -1.52. The minimum absolute atomic E-state index is 0.0864. The lowest BCUT2D eigenvalue weighted by atomic mass is 10.0. The van der Waals surface area contributed by atoms with Crippen LogP contribution in [0.5, 0.6) is 5.75 Å². The third kappa shape index (κ3) is 3.28. The van der Waals surface area contributed by atoms with Gasteiger partial charge in [-0.25, -0.2) is 0 Å². The lowest BCUT2D eigenvalue weighted by molar-refractivity contribution is -0.112. The minimum Gasteiger partial charge on any atom is -0.492 e. The molecule has 1 saturated heterocycles. The van der Waals surface area contributed by atoms with E-state index in [0.717, 1.165) is 24.2 Å². The number of anilines is 1. The first-order valence-electron chi connectivity index (χ1n) is 6.25. The molecule has 1 amide bonds. The molecule has 1 heterocycles. The van der Waals surface area contributed by atoms with Crippen LogP contribution in [0.15, 0.2) is 29.3 Å². The van der Waals surface area contributed by atoms with Crippen molar-refractivity contribution in [3.8, 4) is 5.75 Å². The first-order chi connectivity index (χ1) is 9.11. The Labute approximate surface area is 117 Å². The molecule has 2 rings (SSSR count). The van der Waals surface area contributed by atoms with E-state index < -0.39 is 0 Å². The van der Waals surface area contributed by atoms with E-state index in [2.05, 4.69) is 10.6 Å². The van der Waals surface area contributed by atoms with Gasteiger partial charge in [0.1, 0.15) is 5.75 Å². The van der Waals surface area contributed by atoms with Crippen LogP contribution in [0, 0.1) is 0 Å². The van der Waals surface area contributed by atoms with E-state index in [1.165, 1.54) is 0 Å². The summed E-state index contributed by atoms with van der Waals surface area (Å²) in [6, 6.07) is 5.24. The van der Waals surface area contributed by atoms with E-state index in [1.54, 1.807) is 18.2 Å². The van der Waals surface area contributed by atoms with Gasteiger partial charge < -0.3 is 15.4 Å². The molecule has 19 heavy (non-hydrogen) atoms. The molecule has 1 aliphatic heterocycles. The molecule has 1 aromatic carbocycles. The summed E-state index contributed by atoms with van der Waals surface area (Å²) in [5.41, 5.74) is 2.59. The number of amides is 1. The molecule has 0 radical (unpaired) electrons. The largest absolute Gasteiger partial charge is 0.492 e. The van der Waals surface area contributed by atoms with Gasteiger partial charge in [0, 0.05) is 24.4 Å². The second-order valence-corrected chi connectivity index (χ2v) is 4.77. The molecule has 1 aromatic rings. The zero-order valence-corrected chi connectivity index (χ0v) is 11.8. The third-order valence-electron chi connectivity index (χ3n) is 3.04. The van der Waals surface area contributed by atoms with E-state index in [-0.39, 0.29) is 5.91 Å². The van der Waals surface area contributed by atoms with Gasteiger partial charge in [0.15, 0.2) is 0 Å². The topological polar surface area (TPSA) is 50.4 Å². The first-order valence-corrected chi connectivity index (χ1v) is 6.62. The van der Waals surface area contributed by atoms with Gasteiger partial charge in [-0.15, -0.1) is 0 Å². The van der Waals surface area contributed by atoms with Crippen molar-refractivity contribution in [1.82, 2.24) is 5.32 Å². The predicted molar refractivity (Wildman–Crippen MR) is 76.8 cm³/mol. The average Bonchev–Trinajstić information content (AvgIpc) is 2.30. The maximum atomic E-state index is 12.0. The maximum Gasteiger partial charge on any atom is 0.251 e. The van der Waals surface area contributed by atoms with Gasteiger partial charge in [0.05, 0.1) is 11.6 Å². The Kier molecular flexibility index (Phi) is 4.45. The van der Waals surface area contributed by atoms with Gasteiger partial charge in [-0.05, 0) is 37.6 Å². The van der Waals surface area contributed by atoms with Crippen LogP contribution < -0.4 is 15.4 Å². The molecule has 1 aliphatic rings. The number of ether oxygens (including phenoxy) is 1. The highest BCUT2D eigenvalue weighted by Gasteiger charge is 2.16. The Morgan fingerprint density at radius 1 is 1.47 bits per heavy atom. The molecular formula is C14H17ClN2O2. The monoisotopic (exact) mass is 280 g/mol. The molecule has 0 saturated carbocycles. The van der Waals surface area contributed by atoms with Crippen molar-refractivity contribution in [2.75, 3.05) is 25.0 Å². The van der Waals surface area contributed by atoms with E-state index >= 15 is 0 Å². The molecule has 0 atom stereocenters. The molecule has 102 valence electrons. The Bertz CT molecular complexity index is 520. The second-order valence-electron chi connectivity index (χ2n) is 4.36. The number of hydrogen-bond donors (Lipinski definition) is 2. The molecule has 0 aliphatic carbocycles. The normalized spacial score (nSPS) is 13.7. The first kappa shape index (κ1) is 13.9. The van der Waals surface area contributed by atoms with Gasteiger partial charge in [-0.1, -0.05) is 11.6 Å². The SMILES string of the molecule is CCOc1ccc(NC(=O)C(C)=C2CNC2)cc1Cl. The van der Waals surface area contributed by atoms with Crippen LogP contribution in [0.4, 0.5) is 5.69 Å². The molecule has 0 aromatic heterocycles. The fourth-order valence-corrected chi connectivity index (χ4v) is 1.99. The van der Waals surface area contributed by atoms with E-state index in [1.807, 2.05) is 13.8 Å². The number of hydrogen-bond acceptors (Lipinski definition) is 3. The van der Waals surface area contributed by atoms with Gasteiger partial charge in [0.25, 0.3) is 5.91 Å². The number of nitrogens with one attached hydrogen (secondary N) is 2. The zero-order chi connectivity index (χ0) is 13.8.